The van der Waals surface area contributed by atoms with E-state index in [2.05, 4.69) is 10.3 Å². The van der Waals surface area contributed by atoms with Gasteiger partial charge in [0.15, 0.2) is 11.7 Å². The molecule has 0 aliphatic carbocycles. The Hall–Kier alpha value is -2.95. The van der Waals surface area contributed by atoms with Gasteiger partial charge in [-0.15, -0.1) is 0 Å². The fourth-order valence-electron chi connectivity index (χ4n) is 2.42. The molecular formula is C20H19FN2O2. The van der Waals surface area contributed by atoms with Crippen LogP contribution in [0.15, 0.2) is 59.1 Å². The lowest BCUT2D eigenvalue weighted by Gasteiger charge is -2.05. The van der Waals surface area contributed by atoms with Crippen LogP contribution < -0.4 is 5.32 Å². The second kappa shape index (κ2) is 7.75. The van der Waals surface area contributed by atoms with Crippen molar-refractivity contribution in [2.75, 3.05) is 0 Å². The van der Waals surface area contributed by atoms with Crippen LogP contribution in [-0.2, 0) is 17.8 Å². The Balaban J connectivity index is 1.51. The van der Waals surface area contributed by atoms with Gasteiger partial charge in [-0.2, -0.15) is 0 Å². The SMILES string of the molecule is Cc1ccc(-c2cnc(CCC(=O)NCc3ccccc3F)o2)cc1. The van der Waals surface area contributed by atoms with Crippen LogP contribution in [0.2, 0.25) is 0 Å². The molecule has 0 spiro atoms. The van der Waals surface area contributed by atoms with Gasteiger partial charge in [-0.1, -0.05) is 48.0 Å². The van der Waals surface area contributed by atoms with E-state index in [0.717, 1.165) is 5.56 Å². The standard InChI is InChI=1S/C20H19FN2O2/c1-14-6-8-15(9-7-14)18-13-23-20(25-18)11-10-19(24)22-12-16-4-2-3-5-17(16)21/h2-9,13H,10-12H2,1H3,(H,22,24). The van der Waals surface area contributed by atoms with E-state index < -0.39 is 0 Å². The summed E-state index contributed by atoms with van der Waals surface area (Å²) in [6.45, 7) is 2.20. The number of nitrogens with zero attached hydrogens (tertiary/aromatic N) is 1. The molecule has 1 aromatic heterocycles. The highest BCUT2D eigenvalue weighted by atomic mass is 19.1. The zero-order valence-electron chi connectivity index (χ0n) is 14.0. The molecule has 0 saturated carbocycles. The summed E-state index contributed by atoms with van der Waals surface area (Å²) in [5.74, 6) is 0.704. The first-order valence-corrected chi connectivity index (χ1v) is 8.13. The third-order valence-electron chi connectivity index (χ3n) is 3.89. The maximum absolute atomic E-state index is 13.5. The summed E-state index contributed by atoms with van der Waals surface area (Å²) >= 11 is 0. The summed E-state index contributed by atoms with van der Waals surface area (Å²) in [4.78, 5) is 16.1. The van der Waals surface area contributed by atoms with Crippen LogP contribution in [0.3, 0.4) is 0 Å². The summed E-state index contributed by atoms with van der Waals surface area (Å²) in [7, 11) is 0. The second-order valence-corrected chi connectivity index (χ2v) is 5.85. The van der Waals surface area contributed by atoms with E-state index >= 15 is 0 Å². The van der Waals surface area contributed by atoms with Gasteiger partial charge in [-0.25, -0.2) is 9.37 Å². The smallest absolute Gasteiger partial charge is 0.220 e. The van der Waals surface area contributed by atoms with E-state index in [4.69, 9.17) is 4.42 Å². The molecule has 0 atom stereocenters. The molecule has 1 amide bonds. The molecule has 3 aromatic rings. The second-order valence-electron chi connectivity index (χ2n) is 5.85. The molecule has 25 heavy (non-hydrogen) atoms. The molecular weight excluding hydrogens is 319 g/mol. The zero-order chi connectivity index (χ0) is 17.6. The zero-order valence-corrected chi connectivity index (χ0v) is 14.0. The van der Waals surface area contributed by atoms with Crippen molar-refractivity contribution in [1.29, 1.82) is 0 Å². The minimum absolute atomic E-state index is 0.168. The maximum atomic E-state index is 13.5. The predicted octanol–water partition coefficient (Wildman–Crippen LogP) is 4.04. The van der Waals surface area contributed by atoms with E-state index in [0.29, 0.717) is 23.6 Å². The highest BCUT2D eigenvalue weighted by molar-refractivity contribution is 5.76. The molecule has 0 aliphatic heterocycles. The Morgan fingerprint density at radius 3 is 2.68 bits per heavy atom. The highest BCUT2D eigenvalue weighted by Crippen LogP contribution is 2.21. The van der Waals surface area contributed by atoms with Gasteiger partial charge < -0.3 is 9.73 Å². The molecule has 0 bridgehead atoms. The Morgan fingerprint density at radius 1 is 1.16 bits per heavy atom. The van der Waals surface area contributed by atoms with Gasteiger partial charge in [0.05, 0.1) is 6.20 Å². The van der Waals surface area contributed by atoms with Crippen molar-refractivity contribution >= 4 is 5.91 Å². The number of nitrogens with one attached hydrogen (secondary N) is 1. The Labute approximate surface area is 145 Å². The highest BCUT2D eigenvalue weighted by Gasteiger charge is 2.09. The third kappa shape index (κ3) is 4.53. The van der Waals surface area contributed by atoms with E-state index in [-0.39, 0.29) is 24.7 Å². The molecule has 4 nitrogen and oxygen atoms in total. The van der Waals surface area contributed by atoms with Gasteiger partial charge in [0, 0.05) is 30.5 Å². The topological polar surface area (TPSA) is 55.1 Å². The predicted molar refractivity (Wildman–Crippen MR) is 93.2 cm³/mol. The first-order chi connectivity index (χ1) is 12.1. The van der Waals surface area contributed by atoms with E-state index in [1.54, 1.807) is 24.4 Å². The van der Waals surface area contributed by atoms with Gasteiger partial charge in [-0.3, -0.25) is 4.79 Å². The number of aryl methyl sites for hydroxylation is 2. The maximum Gasteiger partial charge on any atom is 0.220 e. The first-order valence-electron chi connectivity index (χ1n) is 8.13. The van der Waals surface area contributed by atoms with Crippen molar-refractivity contribution in [3.8, 4) is 11.3 Å². The third-order valence-corrected chi connectivity index (χ3v) is 3.89. The summed E-state index contributed by atoms with van der Waals surface area (Å²) in [6, 6.07) is 14.3. The average molecular weight is 338 g/mol. The lowest BCUT2D eigenvalue weighted by atomic mass is 10.1. The van der Waals surface area contributed by atoms with Crippen molar-refractivity contribution in [3.63, 3.8) is 0 Å². The van der Waals surface area contributed by atoms with Crippen molar-refractivity contribution in [2.45, 2.75) is 26.3 Å². The molecule has 1 heterocycles. The molecule has 0 aliphatic rings. The Kier molecular flexibility index (Phi) is 5.23. The molecule has 3 rings (SSSR count). The molecule has 0 fully saturated rings. The summed E-state index contributed by atoms with van der Waals surface area (Å²) in [6.07, 6.45) is 2.30. The van der Waals surface area contributed by atoms with Crippen LogP contribution in [0, 0.1) is 12.7 Å². The lowest BCUT2D eigenvalue weighted by molar-refractivity contribution is -0.121. The largest absolute Gasteiger partial charge is 0.441 e. The van der Waals surface area contributed by atoms with Crippen molar-refractivity contribution < 1.29 is 13.6 Å². The van der Waals surface area contributed by atoms with E-state index in [1.807, 2.05) is 31.2 Å². The quantitative estimate of drug-likeness (QED) is 0.738. The molecule has 0 unspecified atom stereocenters. The van der Waals surface area contributed by atoms with Crippen LogP contribution >= 0.6 is 0 Å². The number of aromatic nitrogens is 1. The minimum Gasteiger partial charge on any atom is -0.441 e. The van der Waals surface area contributed by atoms with Crippen molar-refractivity contribution in [3.05, 3.63) is 77.6 Å². The number of rotatable bonds is 6. The normalized spacial score (nSPS) is 10.6. The van der Waals surface area contributed by atoms with Crippen LogP contribution in [0.1, 0.15) is 23.4 Å². The fourth-order valence-corrected chi connectivity index (χ4v) is 2.42. The lowest BCUT2D eigenvalue weighted by Crippen LogP contribution is -2.23. The number of hydrogen-bond acceptors (Lipinski definition) is 3. The van der Waals surface area contributed by atoms with Crippen LogP contribution in [-0.4, -0.2) is 10.9 Å². The molecule has 2 aromatic carbocycles. The van der Waals surface area contributed by atoms with Gasteiger partial charge in [-0.05, 0) is 13.0 Å². The van der Waals surface area contributed by atoms with Crippen molar-refractivity contribution in [2.24, 2.45) is 0 Å². The van der Waals surface area contributed by atoms with Crippen LogP contribution in [0.4, 0.5) is 4.39 Å². The number of oxazole rings is 1. The Morgan fingerprint density at radius 2 is 1.92 bits per heavy atom. The fraction of sp³-hybridized carbons (Fsp3) is 0.200. The number of halogens is 1. The average Bonchev–Trinajstić information content (AvgIpc) is 3.09. The van der Waals surface area contributed by atoms with Gasteiger partial charge in [0.1, 0.15) is 5.82 Å². The number of carbonyl (C=O) groups excluding carboxylic acids is 1. The van der Waals surface area contributed by atoms with E-state index in [1.165, 1.54) is 11.6 Å². The molecule has 128 valence electrons. The molecule has 0 saturated heterocycles. The Bertz CT molecular complexity index is 856. The van der Waals surface area contributed by atoms with Crippen molar-refractivity contribution in [1.82, 2.24) is 10.3 Å². The molecule has 5 heteroatoms. The molecule has 0 radical (unpaired) electrons. The minimum atomic E-state index is -0.321. The monoisotopic (exact) mass is 338 g/mol. The number of hydrogen-bond donors (Lipinski definition) is 1. The summed E-state index contributed by atoms with van der Waals surface area (Å²) in [5, 5.41) is 2.71. The summed E-state index contributed by atoms with van der Waals surface area (Å²) in [5.41, 5.74) is 2.59. The number of amides is 1. The van der Waals surface area contributed by atoms with Gasteiger partial charge in [0.2, 0.25) is 5.91 Å². The van der Waals surface area contributed by atoms with E-state index in [9.17, 15) is 9.18 Å². The van der Waals surface area contributed by atoms with Gasteiger partial charge in [0.25, 0.3) is 0 Å². The number of benzene rings is 2. The van der Waals surface area contributed by atoms with Crippen LogP contribution in [0.5, 0.6) is 0 Å². The first kappa shape index (κ1) is 16.9. The van der Waals surface area contributed by atoms with Crippen LogP contribution in [0.25, 0.3) is 11.3 Å². The summed E-state index contributed by atoms with van der Waals surface area (Å²) < 4.78 is 19.2. The van der Waals surface area contributed by atoms with Gasteiger partial charge >= 0.3 is 0 Å². The molecule has 1 N–H and O–H groups in total. The number of carbonyl (C=O) groups is 1.